The van der Waals surface area contributed by atoms with Gasteiger partial charge >= 0.3 is 6.18 Å². The molecule has 2 heterocycles. The van der Waals surface area contributed by atoms with Crippen LogP contribution in [-0.2, 0) is 14.4 Å². The number of nitrogens with zero attached hydrogens (tertiary/aromatic N) is 2. The molecule has 0 unspecified atom stereocenters. The molecule has 0 aliphatic carbocycles. The number of ether oxygens (including phenoxy) is 1. The number of carbonyl (C=O) groups excluding carboxylic acids is 3. The van der Waals surface area contributed by atoms with Crippen LogP contribution in [0.4, 0.5) is 18.9 Å². The van der Waals surface area contributed by atoms with Gasteiger partial charge in [-0.15, -0.1) is 0 Å². The fourth-order valence-electron chi connectivity index (χ4n) is 4.94. The monoisotopic (exact) mass is 530 g/mol. The number of carbonyl (C=O) groups is 3. The average Bonchev–Trinajstić information content (AvgIpc) is 3.00. The molecule has 0 bridgehead atoms. The fraction of sp³-hybridized carbons (Fsp3) is 0.407. The smallest absolute Gasteiger partial charge is 0.389 e. The van der Waals surface area contributed by atoms with Gasteiger partial charge in [0, 0.05) is 29.4 Å². The number of para-hydroxylation sites is 1. The van der Waals surface area contributed by atoms with E-state index in [1.807, 2.05) is 6.07 Å². The van der Waals surface area contributed by atoms with Gasteiger partial charge in [-0.05, 0) is 18.9 Å². The number of hydrogen-bond acceptors (Lipinski definition) is 5. The van der Waals surface area contributed by atoms with E-state index in [2.05, 4.69) is 10.3 Å². The van der Waals surface area contributed by atoms with Crippen molar-refractivity contribution in [2.75, 3.05) is 18.1 Å². The lowest BCUT2D eigenvalue weighted by molar-refractivity contribution is -0.146. The van der Waals surface area contributed by atoms with Crippen molar-refractivity contribution in [1.82, 2.24) is 5.32 Å². The molecule has 2 aliphatic heterocycles. The molecule has 3 atom stereocenters. The van der Waals surface area contributed by atoms with Crippen molar-refractivity contribution in [2.24, 2.45) is 22.6 Å². The number of amides is 3. The van der Waals surface area contributed by atoms with Crippen molar-refractivity contribution < 1.29 is 32.3 Å². The molecule has 0 spiro atoms. The van der Waals surface area contributed by atoms with Crippen LogP contribution in [0.1, 0.15) is 43.7 Å². The van der Waals surface area contributed by atoms with E-state index in [1.165, 1.54) is 4.90 Å². The fourth-order valence-corrected chi connectivity index (χ4v) is 4.94. The molecule has 202 valence electrons. The van der Waals surface area contributed by atoms with E-state index in [0.717, 1.165) is 0 Å². The maximum absolute atomic E-state index is 13.7. The van der Waals surface area contributed by atoms with Gasteiger partial charge in [0.2, 0.25) is 18.0 Å². The van der Waals surface area contributed by atoms with E-state index in [1.54, 1.807) is 49.4 Å². The summed E-state index contributed by atoms with van der Waals surface area (Å²) in [5.41, 5.74) is 7.72. The third-order valence-electron chi connectivity index (χ3n) is 6.71. The summed E-state index contributed by atoms with van der Waals surface area (Å²) >= 11 is 0. The highest BCUT2D eigenvalue weighted by molar-refractivity contribution is 6.21. The minimum Gasteiger partial charge on any atom is -0.490 e. The molecule has 0 fully saturated rings. The largest absolute Gasteiger partial charge is 0.490 e. The zero-order valence-corrected chi connectivity index (χ0v) is 20.8. The number of nitrogens with one attached hydrogen (secondary N) is 1. The minimum atomic E-state index is -4.53. The third-order valence-corrected chi connectivity index (χ3v) is 6.71. The minimum absolute atomic E-state index is 0.140. The molecule has 11 heteroatoms. The van der Waals surface area contributed by atoms with Crippen LogP contribution >= 0.6 is 0 Å². The number of benzene rings is 2. The number of halogens is 3. The van der Waals surface area contributed by atoms with Crippen LogP contribution in [0.2, 0.25) is 0 Å². The van der Waals surface area contributed by atoms with Crippen LogP contribution in [0, 0.1) is 11.8 Å². The molecular weight excluding hydrogens is 501 g/mol. The van der Waals surface area contributed by atoms with Crippen LogP contribution in [0.3, 0.4) is 0 Å². The molecule has 2 aromatic carbocycles. The van der Waals surface area contributed by atoms with Gasteiger partial charge in [0.25, 0.3) is 5.91 Å². The first kappa shape index (κ1) is 27.2. The molecule has 4 rings (SSSR count). The maximum Gasteiger partial charge on any atom is 0.389 e. The second kappa shape index (κ2) is 11.2. The molecule has 2 aromatic rings. The predicted octanol–water partition coefficient (Wildman–Crippen LogP) is 3.57. The lowest BCUT2D eigenvalue weighted by Gasteiger charge is -2.31. The first-order valence-electron chi connectivity index (χ1n) is 12.5. The molecule has 2 aliphatic rings. The van der Waals surface area contributed by atoms with Gasteiger partial charge in [-0.2, -0.15) is 13.2 Å². The standard InChI is InChI=1S/C27H29F3N4O4/c1-2-7-17(23(31)35)18(12-13-27(28,29)30)25(36)33-24-26(37)34-14-15-38-20-11-6-10-19(22(20)34)21(32-24)16-8-4-3-5-9-16/h3-6,8-11,17-18,24H,2,7,12-15H2,1H3,(H2,31,35)(H,33,36)/t17-,18+,24+/m0/s1. The van der Waals surface area contributed by atoms with Gasteiger partial charge < -0.3 is 20.7 Å². The first-order valence-corrected chi connectivity index (χ1v) is 12.5. The summed E-state index contributed by atoms with van der Waals surface area (Å²) in [6.07, 6.45) is -7.29. The van der Waals surface area contributed by atoms with Crippen molar-refractivity contribution in [3.8, 4) is 5.75 Å². The summed E-state index contributed by atoms with van der Waals surface area (Å²) in [6, 6.07) is 14.3. The second-order valence-corrected chi connectivity index (χ2v) is 9.30. The van der Waals surface area contributed by atoms with E-state index in [-0.39, 0.29) is 19.6 Å². The van der Waals surface area contributed by atoms with Crippen molar-refractivity contribution in [3.05, 3.63) is 59.7 Å². The highest BCUT2D eigenvalue weighted by atomic mass is 19.4. The Morgan fingerprint density at radius 1 is 1.13 bits per heavy atom. The Balaban J connectivity index is 1.74. The molecule has 0 saturated heterocycles. The Labute approximate surface area is 218 Å². The molecule has 3 N–H and O–H groups in total. The molecule has 38 heavy (non-hydrogen) atoms. The first-order chi connectivity index (χ1) is 18.1. The van der Waals surface area contributed by atoms with Crippen molar-refractivity contribution in [2.45, 2.75) is 44.9 Å². The van der Waals surface area contributed by atoms with Crippen LogP contribution in [-0.4, -0.2) is 48.9 Å². The summed E-state index contributed by atoms with van der Waals surface area (Å²) in [5, 5.41) is 2.55. The SMILES string of the molecule is CCC[C@H](C(N)=O)[C@@H](CCC(F)(F)F)C(=O)N[C@H]1N=C(c2ccccc2)c2cccc3c2N(CCO3)C1=O. The van der Waals surface area contributed by atoms with Crippen LogP contribution in [0.5, 0.6) is 5.75 Å². The Bertz CT molecular complexity index is 1230. The number of aliphatic imine (C=N–C) groups is 1. The van der Waals surface area contributed by atoms with Crippen LogP contribution in [0.25, 0.3) is 0 Å². The molecular formula is C27H29F3N4O4. The molecule has 0 aromatic heterocycles. The van der Waals surface area contributed by atoms with Crippen molar-refractivity contribution >= 4 is 29.1 Å². The normalized spacial score (nSPS) is 18.4. The number of anilines is 1. The predicted molar refractivity (Wildman–Crippen MR) is 135 cm³/mol. The Morgan fingerprint density at radius 2 is 1.87 bits per heavy atom. The molecule has 0 radical (unpaired) electrons. The van der Waals surface area contributed by atoms with Gasteiger partial charge in [-0.3, -0.25) is 14.4 Å². The van der Waals surface area contributed by atoms with Crippen molar-refractivity contribution in [3.63, 3.8) is 0 Å². The van der Waals surface area contributed by atoms with E-state index in [4.69, 9.17) is 10.5 Å². The van der Waals surface area contributed by atoms with E-state index < -0.39 is 54.7 Å². The lowest BCUT2D eigenvalue weighted by Crippen LogP contribution is -2.52. The maximum atomic E-state index is 13.7. The number of nitrogens with two attached hydrogens (primary N) is 1. The summed E-state index contributed by atoms with van der Waals surface area (Å²) in [7, 11) is 0. The van der Waals surface area contributed by atoms with Crippen LogP contribution in [0.15, 0.2) is 53.5 Å². The van der Waals surface area contributed by atoms with Gasteiger partial charge in [0.15, 0.2) is 0 Å². The second-order valence-electron chi connectivity index (χ2n) is 9.30. The topological polar surface area (TPSA) is 114 Å². The quantitative estimate of drug-likeness (QED) is 0.516. The molecule has 0 saturated carbocycles. The zero-order valence-electron chi connectivity index (χ0n) is 20.8. The van der Waals surface area contributed by atoms with E-state index in [9.17, 15) is 27.6 Å². The lowest BCUT2D eigenvalue weighted by atomic mass is 9.83. The van der Waals surface area contributed by atoms with Gasteiger partial charge in [0.1, 0.15) is 12.4 Å². The summed E-state index contributed by atoms with van der Waals surface area (Å²) in [6.45, 7) is 2.16. The third kappa shape index (κ3) is 5.81. The Kier molecular flexibility index (Phi) is 8.03. The molecule has 8 nitrogen and oxygen atoms in total. The number of hydrogen-bond donors (Lipinski definition) is 2. The summed E-state index contributed by atoms with van der Waals surface area (Å²) in [5.74, 6) is -4.30. The van der Waals surface area contributed by atoms with Crippen LogP contribution < -0.4 is 20.7 Å². The molecule has 3 amide bonds. The Morgan fingerprint density at radius 3 is 2.53 bits per heavy atom. The zero-order chi connectivity index (χ0) is 27.4. The average molecular weight is 531 g/mol. The number of primary amides is 1. The Hall–Kier alpha value is -3.89. The summed E-state index contributed by atoms with van der Waals surface area (Å²) in [4.78, 5) is 45.4. The summed E-state index contributed by atoms with van der Waals surface area (Å²) < 4.78 is 45.0. The van der Waals surface area contributed by atoms with E-state index >= 15 is 0 Å². The van der Waals surface area contributed by atoms with Crippen molar-refractivity contribution in [1.29, 1.82) is 0 Å². The number of alkyl halides is 3. The highest BCUT2D eigenvalue weighted by Gasteiger charge is 2.40. The van der Waals surface area contributed by atoms with Gasteiger partial charge in [0.05, 0.1) is 17.9 Å². The number of rotatable bonds is 9. The van der Waals surface area contributed by atoms with E-state index in [0.29, 0.717) is 34.7 Å². The highest BCUT2D eigenvalue weighted by Crippen LogP contribution is 2.39. The van der Waals surface area contributed by atoms with Gasteiger partial charge in [-0.1, -0.05) is 55.8 Å². The van der Waals surface area contributed by atoms with Gasteiger partial charge in [-0.25, -0.2) is 4.99 Å².